The molecule has 10 N–H and O–H groups in total. The van der Waals surface area contributed by atoms with Gasteiger partial charge >= 0.3 is 15.6 Å². The molecule has 3 fully saturated rings. The highest BCUT2D eigenvalue weighted by Gasteiger charge is 2.54. The van der Waals surface area contributed by atoms with Gasteiger partial charge in [-0.1, -0.05) is 11.8 Å². The molecule has 3 aliphatic rings. The number of imidazole rings is 2. The van der Waals surface area contributed by atoms with E-state index >= 15 is 0 Å². The Morgan fingerprint density at radius 1 is 0.840 bits per heavy atom. The summed E-state index contributed by atoms with van der Waals surface area (Å²) in [7, 11) is -10.3. The predicted octanol–water partition coefficient (Wildman–Crippen LogP) is -1.90. The summed E-state index contributed by atoms with van der Waals surface area (Å²) in [4.78, 5) is 67.6. The number of rotatable bonds is 4. The third kappa shape index (κ3) is 6.17. The summed E-state index contributed by atoms with van der Waals surface area (Å²) in [6.07, 6.45) is -11.7. The van der Waals surface area contributed by atoms with Crippen LogP contribution in [0.15, 0.2) is 14.7 Å². The normalized spacial score (nSPS) is 35.2. The smallest absolute Gasteiger partial charge is 0.386 e. The van der Waals surface area contributed by atoms with Crippen molar-refractivity contribution in [1.29, 1.82) is 0 Å². The zero-order valence-electron chi connectivity index (χ0n) is 25.2. The summed E-state index contributed by atoms with van der Waals surface area (Å²) in [5.41, 5.74) is 9.43. The summed E-state index contributed by atoms with van der Waals surface area (Å²) in [6.45, 7) is -1.78. The second-order valence-corrected chi connectivity index (χ2v) is 15.0. The number of phosphoric acid groups is 2. The summed E-state index contributed by atoms with van der Waals surface area (Å²) in [5.74, 6) is -0.608. The average Bonchev–Trinajstić information content (AvgIpc) is 3.76. The molecule has 7 heterocycles. The number of thiol groups is 1. The van der Waals surface area contributed by atoms with Crippen molar-refractivity contribution in [2.24, 2.45) is 0 Å². The van der Waals surface area contributed by atoms with Gasteiger partial charge in [0, 0.05) is 5.75 Å². The lowest BCUT2D eigenvalue weighted by Crippen LogP contribution is -2.39. The summed E-state index contributed by atoms with van der Waals surface area (Å²) in [6, 6.07) is 0. The highest BCUT2D eigenvalue weighted by Crippen LogP contribution is 2.54. The molecule has 4 aromatic rings. The van der Waals surface area contributed by atoms with Crippen LogP contribution in [0.1, 0.15) is 18.3 Å². The van der Waals surface area contributed by atoms with Gasteiger partial charge in [0.2, 0.25) is 11.9 Å². The lowest BCUT2D eigenvalue weighted by Gasteiger charge is -2.27. The number of aromatic amines is 2. The number of thioether (sulfide) groups is 1. The Bertz CT molecular complexity index is 2050. The second kappa shape index (κ2) is 12.9. The molecule has 4 aromatic heterocycles. The number of nitrogens with one attached hydrogen (secondary N) is 2. The molecule has 0 bridgehead atoms. The van der Waals surface area contributed by atoms with Crippen LogP contribution in [0, 0.1) is 0 Å². The molecule has 0 saturated carbocycles. The molecule has 0 aromatic carbocycles. The topological polar surface area (TPSA) is 350 Å². The van der Waals surface area contributed by atoms with Gasteiger partial charge in [-0.3, -0.25) is 46.8 Å². The molecule has 4 unspecified atom stereocenters. The summed E-state index contributed by atoms with van der Waals surface area (Å²) < 4.78 is 61.8. The molecule has 3 aliphatic heterocycles. The number of hydrogen-bond donors (Lipinski definition) is 9. The fraction of sp³-hybridized carbons (Fsp3) is 0.545. The Labute approximate surface area is 287 Å². The molecule has 0 spiro atoms. The monoisotopic (exact) mass is 782 g/mol. The Kier molecular flexibility index (Phi) is 9.17. The first-order valence-electron chi connectivity index (χ1n) is 14.3. The molecule has 10 atom stereocenters. The zero-order valence-corrected chi connectivity index (χ0v) is 28.7. The van der Waals surface area contributed by atoms with E-state index in [1.54, 1.807) is 6.26 Å². The van der Waals surface area contributed by atoms with Crippen molar-refractivity contribution in [2.75, 3.05) is 30.9 Å². The standard InChI is InChI=1S/C22H28N10O14P2S2/c1-50-22-26-9-15(28-21(24)30-17(9)36)32(22)19-11(34)13-6(44-19)3-42-47(37,38)45-12-5(2-41-48(39,40)46-13)43-18(10(12)33)31-7(4-49)25-8-14(31)27-20(23)29-16(8)35/h5-6,10-13,18-19,33-34,49H,2-4H2,1H3,(H,37,38)(H,39,40)(H3,23,27,29,35)(H3,24,28,30,36)/t5-,6-,10+,11+,12?,13?,18-,19-/m1/s1. The van der Waals surface area contributed by atoms with Gasteiger partial charge < -0.3 is 40.9 Å². The number of nitrogens with zero attached hydrogens (tertiary/aromatic N) is 6. The fourth-order valence-electron chi connectivity index (χ4n) is 5.88. The van der Waals surface area contributed by atoms with Crippen molar-refractivity contribution in [3.63, 3.8) is 0 Å². The highest BCUT2D eigenvalue weighted by atomic mass is 32.2. The van der Waals surface area contributed by atoms with Crippen molar-refractivity contribution >= 4 is 74.3 Å². The van der Waals surface area contributed by atoms with Crippen molar-refractivity contribution in [3.8, 4) is 0 Å². The number of nitrogen functional groups attached to an aromatic ring is 2. The maximum absolute atomic E-state index is 13.3. The van der Waals surface area contributed by atoms with Crippen molar-refractivity contribution in [1.82, 2.24) is 39.0 Å². The van der Waals surface area contributed by atoms with Crippen LogP contribution in [0.4, 0.5) is 11.9 Å². The first-order chi connectivity index (χ1) is 23.6. The quantitative estimate of drug-likeness (QED) is 0.0620. The van der Waals surface area contributed by atoms with Gasteiger partial charge in [-0.2, -0.15) is 22.6 Å². The first kappa shape index (κ1) is 35.5. The van der Waals surface area contributed by atoms with Gasteiger partial charge in [0.15, 0.2) is 39.9 Å². The van der Waals surface area contributed by atoms with Gasteiger partial charge in [0.1, 0.15) is 42.4 Å². The maximum Gasteiger partial charge on any atom is 0.472 e. The van der Waals surface area contributed by atoms with Crippen LogP contribution in [0.25, 0.3) is 22.3 Å². The van der Waals surface area contributed by atoms with Gasteiger partial charge in [0.05, 0.1) is 13.2 Å². The van der Waals surface area contributed by atoms with Gasteiger partial charge in [-0.25, -0.2) is 19.1 Å². The molecule has 28 heteroatoms. The SMILES string of the molecule is CSc1nc2c(=O)[nH]c(N)nc2n1[C@@H]1O[C@@H]2COP(=O)(O)OC3[C@@H](COP(=O)(O)OC2[C@@H]1O)O[C@@H](n1c(CS)nc2c(=O)[nH]c(N)nc21)[C@H]3O. The number of nitrogens with two attached hydrogens (primary N) is 2. The van der Waals surface area contributed by atoms with Gasteiger partial charge in [-0.15, -0.1) is 0 Å². The van der Waals surface area contributed by atoms with Crippen LogP contribution in [0.3, 0.4) is 0 Å². The van der Waals surface area contributed by atoms with Crippen LogP contribution in [0.2, 0.25) is 0 Å². The van der Waals surface area contributed by atoms with E-state index in [0.29, 0.717) is 0 Å². The predicted molar refractivity (Wildman–Crippen MR) is 171 cm³/mol. The van der Waals surface area contributed by atoms with Crippen LogP contribution < -0.4 is 22.6 Å². The number of phosphoric ester groups is 2. The average molecular weight is 783 g/mol. The number of hydrogen-bond acceptors (Lipinski definition) is 20. The number of aromatic nitrogens is 8. The van der Waals surface area contributed by atoms with Crippen molar-refractivity contribution < 1.29 is 56.7 Å². The van der Waals surface area contributed by atoms with Crippen LogP contribution in [-0.2, 0) is 42.5 Å². The molecular formula is C22H28N10O14P2S2. The van der Waals surface area contributed by atoms with E-state index in [-0.39, 0.29) is 51.0 Å². The first-order valence-corrected chi connectivity index (χ1v) is 19.1. The van der Waals surface area contributed by atoms with Gasteiger partial charge in [0.25, 0.3) is 11.1 Å². The van der Waals surface area contributed by atoms with Crippen molar-refractivity contribution in [3.05, 3.63) is 26.5 Å². The molecule has 272 valence electrons. The number of aliphatic hydroxyl groups excluding tert-OH is 2. The van der Waals surface area contributed by atoms with Gasteiger partial charge in [-0.05, 0) is 6.26 Å². The Balaban J connectivity index is 1.21. The molecular weight excluding hydrogens is 754 g/mol. The van der Waals surface area contributed by atoms with Crippen molar-refractivity contribution in [2.45, 2.75) is 60.0 Å². The second-order valence-electron chi connectivity index (χ2n) is 11.1. The number of fused-ring (bicyclic) bond motifs is 4. The molecule has 0 aliphatic carbocycles. The van der Waals surface area contributed by atoms with Crippen LogP contribution in [0.5, 0.6) is 0 Å². The Morgan fingerprint density at radius 3 is 1.78 bits per heavy atom. The minimum Gasteiger partial charge on any atom is -0.386 e. The van der Waals surface area contributed by atoms with Crippen LogP contribution >= 0.6 is 40.0 Å². The molecule has 24 nitrogen and oxygen atoms in total. The van der Waals surface area contributed by atoms with E-state index in [1.165, 1.54) is 9.13 Å². The van der Waals surface area contributed by atoms with Crippen LogP contribution in [-0.4, -0.2) is 115 Å². The van der Waals surface area contributed by atoms with E-state index in [4.69, 9.17) is 39.0 Å². The van der Waals surface area contributed by atoms with E-state index in [0.717, 1.165) is 11.8 Å². The number of aliphatic hydroxyl groups is 2. The molecule has 3 saturated heterocycles. The lowest BCUT2D eigenvalue weighted by atomic mass is 10.1. The number of H-pyrrole nitrogens is 2. The maximum atomic E-state index is 13.3. The zero-order chi connectivity index (χ0) is 35.9. The summed E-state index contributed by atoms with van der Waals surface area (Å²) in [5, 5.41) is 22.8. The molecule has 7 rings (SSSR count). The van der Waals surface area contributed by atoms with E-state index < -0.39 is 89.1 Å². The van der Waals surface area contributed by atoms with E-state index in [1.807, 2.05) is 0 Å². The minimum absolute atomic E-state index is 0.0696. The molecule has 0 radical (unpaired) electrons. The highest BCUT2D eigenvalue weighted by molar-refractivity contribution is 7.98. The fourth-order valence-corrected chi connectivity index (χ4v) is 8.60. The Morgan fingerprint density at radius 2 is 1.30 bits per heavy atom. The largest absolute Gasteiger partial charge is 0.472 e. The molecule has 0 amide bonds. The third-order valence-electron chi connectivity index (χ3n) is 7.94. The van der Waals surface area contributed by atoms with E-state index in [9.17, 15) is 38.7 Å². The Hall–Kier alpha value is -2.94. The molecule has 50 heavy (non-hydrogen) atoms. The number of anilines is 2. The van der Waals surface area contributed by atoms with E-state index in [2.05, 4.69) is 42.5 Å². The minimum atomic E-state index is -5.15. The number of ether oxygens (including phenoxy) is 2. The third-order valence-corrected chi connectivity index (χ3v) is 10.9. The summed E-state index contributed by atoms with van der Waals surface area (Å²) >= 11 is 5.25. The lowest BCUT2D eigenvalue weighted by molar-refractivity contribution is -0.0677.